The average molecular weight is 853 g/mol. The second-order valence-corrected chi connectivity index (χ2v) is 17.3. The molecule has 312 valence electrons. The fourth-order valence-electron chi connectivity index (χ4n) is 9.99. The minimum atomic E-state index is 0.816. The van der Waals surface area contributed by atoms with E-state index in [1.807, 2.05) is 6.20 Å². The standard InChI is InChI=1S/C64H40N2O/c1-4-17-41(18-5-1)44-23-14-25-46(33-44)50-36-56(43-21-8-3-9-22-43)63-58(38-50)59-39-51(47-26-15-24-45(34-47)42-19-6-2-7-20-42)37-57(64(59)67-63)48-27-16-28-49(35-48)60-40-65-61-54-31-12-10-29-52(54)53-30-11-13-32-55(53)62(61)66-60/h1-40H. The van der Waals surface area contributed by atoms with E-state index in [-0.39, 0.29) is 0 Å². The fourth-order valence-corrected chi connectivity index (χ4v) is 9.99. The molecule has 0 amide bonds. The number of rotatable bonds is 7. The molecule has 0 spiro atoms. The smallest absolute Gasteiger partial charge is 0.143 e. The van der Waals surface area contributed by atoms with Crippen LogP contribution in [0, 0.1) is 0 Å². The molecule has 2 heterocycles. The Balaban J connectivity index is 1.05. The maximum absolute atomic E-state index is 7.26. The third-order valence-corrected chi connectivity index (χ3v) is 13.3. The molecule has 0 radical (unpaired) electrons. The van der Waals surface area contributed by atoms with Gasteiger partial charge in [-0.05, 0) is 109 Å². The third kappa shape index (κ3) is 6.76. The van der Waals surface area contributed by atoms with Crippen molar-refractivity contribution in [2.75, 3.05) is 0 Å². The minimum Gasteiger partial charge on any atom is -0.455 e. The number of hydrogen-bond acceptors (Lipinski definition) is 3. The molecule has 0 unspecified atom stereocenters. The van der Waals surface area contributed by atoms with Gasteiger partial charge in [-0.3, -0.25) is 4.98 Å². The lowest BCUT2D eigenvalue weighted by atomic mass is 9.91. The van der Waals surface area contributed by atoms with Crippen molar-refractivity contribution in [3.05, 3.63) is 243 Å². The van der Waals surface area contributed by atoms with Crippen LogP contribution in [0.15, 0.2) is 247 Å². The first-order chi connectivity index (χ1) is 33.2. The first-order valence-electron chi connectivity index (χ1n) is 22.8. The number of nitrogens with zero attached hydrogens (tertiary/aromatic N) is 2. The highest BCUT2D eigenvalue weighted by Crippen LogP contribution is 2.45. The fraction of sp³-hybridized carbons (Fsp3) is 0. The molecule has 0 aliphatic rings. The zero-order valence-electron chi connectivity index (χ0n) is 36.4. The van der Waals surface area contributed by atoms with Gasteiger partial charge < -0.3 is 4.42 Å². The predicted octanol–water partition coefficient (Wildman–Crippen LogP) is 17.5. The zero-order valence-corrected chi connectivity index (χ0v) is 36.4. The molecule has 0 atom stereocenters. The van der Waals surface area contributed by atoms with E-state index in [4.69, 9.17) is 14.4 Å². The van der Waals surface area contributed by atoms with Crippen molar-refractivity contribution in [1.29, 1.82) is 0 Å². The first-order valence-corrected chi connectivity index (χ1v) is 22.8. The lowest BCUT2D eigenvalue weighted by Gasteiger charge is -2.12. The van der Waals surface area contributed by atoms with Crippen LogP contribution in [0.3, 0.4) is 0 Å². The molecule has 11 aromatic carbocycles. The quantitative estimate of drug-likeness (QED) is 0.150. The van der Waals surface area contributed by atoms with E-state index in [0.717, 1.165) is 99.5 Å². The Bertz CT molecular complexity index is 3990. The Morgan fingerprint density at radius 3 is 1.18 bits per heavy atom. The summed E-state index contributed by atoms with van der Waals surface area (Å²) >= 11 is 0. The van der Waals surface area contributed by atoms with Gasteiger partial charge in [0.1, 0.15) is 11.2 Å². The highest BCUT2D eigenvalue weighted by Gasteiger charge is 2.21. The van der Waals surface area contributed by atoms with E-state index >= 15 is 0 Å². The van der Waals surface area contributed by atoms with Gasteiger partial charge in [0.25, 0.3) is 0 Å². The maximum Gasteiger partial charge on any atom is 0.143 e. The number of furan rings is 1. The summed E-state index contributed by atoms with van der Waals surface area (Å²) in [4.78, 5) is 10.5. The van der Waals surface area contributed by atoms with Crippen molar-refractivity contribution in [2.45, 2.75) is 0 Å². The number of fused-ring (bicyclic) bond motifs is 9. The lowest BCUT2D eigenvalue weighted by molar-refractivity contribution is 0.671. The van der Waals surface area contributed by atoms with Crippen molar-refractivity contribution in [2.24, 2.45) is 0 Å². The van der Waals surface area contributed by atoms with Gasteiger partial charge >= 0.3 is 0 Å². The second-order valence-electron chi connectivity index (χ2n) is 17.3. The summed E-state index contributed by atoms with van der Waals surface area (Å²) < 4.78 is 7.26. The van der Waals surface area contributed by atoms with Crippen LogP contribution >= 0.6 is 0 Å². The molecule has 13 rings (SSSR count). The van der Waals surface area contributed by atoms with Crippen LogP contribution in [-0.4, -0.2) is 9.97 Å². The first kappa shape index (κ1) is 38.5. The van der Waals surface area contributed by atoms with Crippen molar-refractivity contribution in [3.8, 4) is 78.0 Å². The Kier molecular flexibility index (Phi) is 9.17. The number of benzene rings is 11. The third-order valence-electron chi connectivity index (χ3n) is 13.3. The van der Waals surface area contributed by atoms with Gasteiger partial charge in [-0.2, -0.15) is 0 Å². The summed E-state index contributed by atoms with van der Waals surface area (Å²) in [5, 5.41) is 6.67. The van der Waals surface area contributed by atoms with Gasteiger partial charge in [0.05, 0.1) is 22.9 Å². The van der Waals surface area contributed by atoms with Gasteiger partial charge in [0, 0.05) is 38.2 Å². The Hall–Kier alpha value is -8.92. The molecule has 0 bridgehead atoms. The van der Waals surface area contributed by atoms with E-state index in [0.29, 0.717) is 0 Å². The Morgan fingerprint density at radius 1 is 0.254 bits per heavy atom. The molecular weight excluding hydrogens is 813 g/mol. The van der Waals surface area contributed by atoms with E-state index < -0.39 is 0 Å². The van der Waals surface area contributed by atoms with Crippen LogP contribution in [0.5, 0.6) is 0 Å². The molecule has 67 heavy (non-hydrogen) atoms. The highest BCUT2D eigenvalue weighted by atomic mass is 16.3. The van der Waals surface area contributed by atoms with Gasteiger partial charge in [-0.15, -0.1) is 0 Å². The Morgan fingerprint density at radius 2 is 0.642 bits per heavy atom. The molecule has 3 heteroatoms. The topological polar surface area (TPSA) is 38.9 Å². The van der Waals surface area contributed by atoms with E-state index in [1.54, 1.807) is 0 Å². The molecule has 2 aromatic heterocycles. The Labute approximate surface area is 387 Å². The van der Waals surface area contributed by atoms with Crippen LogP contribution in [0.1, 0.15) is 0 Å². The van der Waals surface area contributed by atoms with Crippen LogP contribution in [0.4, 0.5) is 0 Å². The van der Waals surface area contributed by atoms with Crippen LogP contribution in [-0.2, 0) is 0 Å². The molecule has 0 aliphatic carbocycles. The van der Waals surface area contributed by atoms with Crippen molar-refractivity contribution in [3.63, 3.8) is 0 Å². The molecule has 13 aromatic rings. The van der Waals surface area contributed by atoms with Gasteiger partial charge in [-0.1, -0.05) is 194 Å². The van der Waals surface area contributed by atoms with E-state index in [9.17, 15) is 0 Å². The SMILES string of the molecule is c1ccc(-c2cccc(-c3cc(-c4ccccc4)c4oc5c(-c6cccc(-c7cnc8c9ccccc9c9ccccc9c8n7)c6)cc(-c6cccc(-c7ccccc7)c6)cc5c4c3)c2)cc1. The van der Waals surface area contributed by atoms with E-state index in [2.05, 4.69) is 237 Å². The van der Waals surface area contributed by atoms with Gasteiger partial charge in [0.2, 0.25) is 0 Å². The molecule has 0 saturated carbocycles. The zero-order chi connectivity index (χ0) is 44.3. The van der Waals surface area contributed by atoms with Crippen molar-refractivity contribution < 1.29 is 4.42 Å². The van der Waals surface area contributed by atoms with Gasteiger partial charge in [0.15, 0.2) is 0 Å². The number of aromatic nitrogens is 2. The molecule has 0 saturated heterocycles. The normalized spacial score (nSPS) is 11.6. The summed E-state index contributed by atoms with van der Waals surface area (Å²) in [6.07, 6.45) is 1.92. The highest BCUT2D eigenvalue weighted by molar-refractivity contribution is 6.23. The molecule has 0 aliphatic heterocycles. The lowest BCUT2D eigenvalue weighted by Crippen LogP contribution is -1.92. The summed E-state index contributed by atoms with van der Waals surface area (Å²) in [5.74, 6) is 0. The van der Waals surface area contributed by atoms with Gasteiger partial charge in [-0.25, -0.2) is 4.98 Å². The summed E-state index contributed by atoms with van der Waals surface area (Å²) in [6, 6.07) is 84.4. The molecule has 0 N–H and O–H groups in total. The summed E-state index contributed by atoms with van der Waals surface area (Å²) in [7, 11) is 0. The monoisotopic (exact) mass is 852 g/mol. The van der Waals surface area contributed by atoms with Crippen LogP contribution in [0.25, 0.3) is 133 Å². The predicted molar refractivity (Wildman–Crippen MR) is 280 cm³/mol. The number of hydrogen-bond donors (Lipinski definition) is 0. The summed E-state index contributed by atoms with van der Waals surface area (Å²) in [6.45, 7) is 0. The van der Waals surface area contributed by atoms with E-state index in [1.165, 1.54) is 33.0 Å². The molecule has 0 fully saturated rings. The largest absolute Gasteiger partial charge is 0.455 e. The van der Waals surface area contributed by atoms with Crippen molar-refractivity contribution in [1.82, 2.24) is 9.97 Å². The van der Waals surface area contributed by atoms with Crippen LogP contribution < -0.4 is 0 Å². The minimum absolute atomic E-state index is 0.816. The maximum atomic E-state index is 7.26. The molecule has 3 nitrogen and oxygen atoms in total. The van der Waals surface area contributed by atoms with Crippen LogP contribution in [0.2, 0.25) is 0 Å². The average Bonchev–Trinajstić information content (AvgIpc) is 3.80. The summed E-state index contributed by atoms with van der Waals surface area (Å²) in [5.41, 5.74) is 18.7. The molecular formula is C64H40N2O. The van der Waals surface area contributed by atoms with Crippen molar-refractivity contribution >= 4 is 54.5 Å². The second kappa shape index (κ2) is 16.0.